The molecule has 0 aromatic heterocycles. The smallest absolute Gasteiger partial charge is 0.201 e. The quantitative estimate of drug-likeness (QED) is 0.500. The van der Waals surface area contributed by atoms with Crippen molar-refractivity contribution in [2.45, 2.75) is 57.8 Å². The molecule has 3 heteroatoms. The van der Waals surface area contributed by atoms with Crippen LogP contribution in [0.3, 0.4) is 0 Å². The summed E-state index contributed by atoms with van der Waals surface area (Å²) >= 11 is 0. The lowest BCUT2D eigenvalue weighted by Crippen LogP contribution is -2.23. The summed E-state index contributed by atoms with van der Waals surface area (Å²) in [5.41, 5.74) is 1.34. The van der Waals surface area contributed by atoms with Gasteiger partial charge in [-0.2, -0.15) is 4.39 Å². The van der Waals surface area contributed by atoms with Gasteiger partial charge >= 0.3 is 0 Å². The minimum Gasteiger partial charge on any atom is -0.494 e. The second-order valence-electron chi connectivity index (χ2n) is 7.85. The molecule has 26 heavy (non-hydrogen) atoms. The van der Waals surface area contributed by atoms with Crippen LogP contribution < -0.4 is 4.74 Å². The first kappa shape index (κ1) is 19.1. The molecule has 0 amide bonds. The van der Waals surface area contributed by atoms with Crippen LogP contribution in [0.2, 0.25) is 0 Å². The Balaban J connectivity index is 1.59. The molecular formula is C23H30F2O. The van der Waals surface area contributed by atoms with E-state index in [0.717, 1.165) is 43.1 Å². The number of ether oxygens (including phenoxy) is 1. The van der Waals surface area contributed by atoms with Crippen molar-refractivity contribution in [3.63, 3.8) is 0 Å². The summed E-state index contributed by atoms with van der Waals surface area (Å²) in [6.45, 7) is 3.82. The number of rotatable bonds is 6. The van der Waals surface area contributed by atoms with Crippen LogP contribution in [0.4, 0.5) is 8.78 Å². The molecule has 1 aromatic rings. The molecule has 3 rings (SSSR count). The van der Waals surface area contributed by atoms with Gasteiger partial charge in [-0.05, 0) is 80.4 Å². The van der Waals surface area contributed by atoms with Crippen molar-refractivity contribution < 1.29 is 13.5 Å². The molecule has 0 radical (unpaired) electrons. The predicted octanol–water partition coefficient (Wildman–Crippen LogP) is 6.93. The number of benzene rings is 1. The second-order valence-corrected chi connectivity index (χ2v) is 7.85. The standard InChI is InChI=1S/C23H30F2O/c1-3-4-5-16-6-8-17(9-7-16)18-10-12-19(13-11-18)20-14-15-21(26-2)23(25)22(20)24/h3,12,14-18H,1,4-11,13H2,2H3. The lowest BCUT2D eigenvalue weighted by Gasteiger charge is -2.35. The summed E-state index contributed by atoms with van der Waals surface area (Å²) in [7, 11) is 1.36. The van der Waals surface area contributed by atoms with Crippen molar-refractivity contribution in [2.24, 2.45) is 17.8 Å². The van der Waals surface area contributed by atoms with Crippen LogP contribution in [0.5, 0.6) is 5.75 Å². The Morgan fingerprint density at radius 3 is 2.46 bits per heavy atom. The van der Waals surface area contributed by atoms with Gasteiger partial charge in [0, 0.05) is 5.56 Å². The molecule has 2 aliphatic rings. The van der Waals surface area contributed by atoms with Crippen LogP contribution in [0, 0.1) is 29.4 Å². The molecule has 2 aliphatic carbocycles. The van der Waals surface area contributed by atoms with Gasteiger partial charge in [-0.1, -0.05) is 25.0 Å². The highest BCUT2D eigenvalue weighted by atomic mass is 19.2. The average molecular weight is 360 g/mol. The molecule has 0 spiro atoms. The number of hydrogen-bond acceptors (Lipinski definition) is 1. The van der Waals surface area contributed by atoms with Crippen LogP contribution in [-0.2, 0) is 0 Å². The Morgan fingerprint density at radius 1 is 1.08 bits per heavy atom. The molecular weight excluding hydrogens is 330 g/mol. The maximum atomic E-state index is 14.3. The Labute approximate surface area is 156 Å². The highest BCUT2D eigenvalue weighted by molar-refractivity contribution is 5.67. The van der Waals surface area contributed by atoms with E-state index in [0.29, 0.717) is 11.5 Å². The van der Waals surface area contributed by atoms with Gasteiger partial charge in [-0.25, -0.2) is 4.39 Å². The Morgan fingerprint density at radius 2 is 1.85 bits per heavy atom. The summed E-state index contributed by atoms with van der Waals surface area (Å²) in [4.78, 5) is 0. The number of halogens is 2. The zero-order valence-electron chi connectivity index (χ0n) is 15.8. The van der Waals surface area contributed by atoms with Crippen molar-refractivity contribution >= 4 is 5.57 Å². The zero-order valence-corrected chi connectivity index (χ0v) is 15.8. The first-order valence-electron chi connectivity index (χ1n) is 9.96. The molecule has 1 nitrogen and oxygen atoms in total. The van der Waals surface area contributed by atoms with Crippen molar-refractivity contribution in [3.05, 3.63) is 48.1 Å². The SMILES string of the molecule is C=CCCC1CCC(C2CC=C(c3ccc(OC)c(F)c3F)CC2)CC1. The molecule has 0 heterocycles. The zero-order chi connectivity index (χ0) is 18.5. The highest BCUT2D eigenvalue weighted by Gasteiger charge is 2.29. The van der Waals surface area contributed by atoms with Gasteiger partial charge in [0.2, 0.25) is 5.82 Å². The van der Waals surface area contributed by atoms with Gasteiger partial charge in [-0.15, -0.1) is 6.58 Å². The molecule has 1 saturated carbocycles. The topological polar surface area (TPSA) is 9.23 Å². The third-order valence-electron chi connectivity index (χ3n) is 6.40. The lowest BCUT2D eigenvalue weighted by atomic mass is 9.70. The van der Waals surface area contributed by atoms with Gasteiger partial charge in [0.05, 0.1) is 7.11 Å². The summed E-state index contributed by atoms with van der Waals surface area (Å²) in [6.07, 6.45) is 14.8. The van der Waals surface area contributed by atoms with Crippen LogP contribution >= 0.6 is 0 Å². The molecule has 142 valence electrons. The van der Waals surface area contributed by atoms with Gasteiger partial charge in [0.25, 0.3) is 0 Å². The molecule has 1 atom stereocenters. The maximum Gasteiger partial charge on any atom is 0.201 e. The molecule has 0 N–H and O–H groups in total. The van der Waals surface area contributed by atoms with Crippen LogP contribution in [0.15, 0.2) is 30.9 Å². The Bertz CT molecular complexity index is 656. The van der Waals surface area contributed by atoms with Crippen molar-refractivity contribution in [1.82, 2.24) is 0 Å². The monoisotopic (exact) mass is 360 g/mol. The van der Waals surface area contributed by atoms with E-state index in [1.54, 1.807) is 6.07 Å². The summed E-state index contributed by atoms with van der Waals surface area (Å²) in [5, 5.41) is 0. The van der Waals surface area contributed by atoms with E-state index in [2.05, 4.69) is 12.7 Å². The van der Waals surface area contributed by atoms with Crippen molar-refractivity contribution in [2.75, 3.05) is 7.11 Å². The summed E-state index contributed by atoms with van der Waals surface area (Å²) in [6, 6.07) is 3.17. The molecule has 1 aromatic carbocycles. The number of allylic oxidation sites excluding steroid dienone is 3. The maximum absolute atomic E-state index is 14.3. The van der Waals surface area contributed by atoms with Gasteiger partial charge in [0.15, 0.2) is 11.6 Å². The van der Waals surface area contributed by atoms with Gasteiger partial charge < -0.3 is 4.74 Å². The molecule has 0 saturated heterocycles. The summed E-state index contributed by atoms with van der Waals surface area (Å²) in [5.74, 6) is 0.669. The van der Waals surface area contributed by atoms with E-state index in [-0.39, 0.29) is 5.75 Å². The highest BCUT2D eigenvalue weighted by Crippen LogP contribution is 2.42. The lowest BCUT2D eigenvalue weighted by molar-refractivity contribution is 0.190. The number of hydrogen-bond donors (Lipinski definition) is 0. The van der Waals surface area contributed by atoms with Crippen LogP contribution in [-0.4, -0.2) is 7.11 Å². The van der Waals surface area contributed by atoms with E-state index in [9.17, 15) is 8.78 Å². The van der Waals surface area contributed by atoms with Crippen LogP contribution in [0.1, 0.15) is 63.4 Å². The fourth-order valence-corrected chi connectivity index (χ4v) is 4.77. The normalized spacial score (nSPS) is 26.3. The fourth-order valence-electron chi connectivity index (χ4n) is 4.77. The molecule has 1 unspecified atom stereocenters. The largest absolute Gasteiger partial charge is 0.494 e. The molecule has 1 fully saturated rings. The Kier molecular flexibility index (Phi) is 6.50. The second kappa shape index (κ2) is 8.83. The van der Waals surface area contributed by atoms with Gasteiger partial charge in [-0.3, -0.25) is 0 Å². The predicted molar refractivity (Wildman–Crippen MR) is 103 cm³/mol. The average Bonchev–Trinajstić information content (AvgIpc) is 2.69. The van der Waals surface area contributed by atoms with E-state index in [4.69, 9.17) is 4.74 Å². The van der Waals surface area contributed by atoms with Gasteiger partial charge in [0.1, 0.15) is 0 Å². The first-order valence-corrected chi connectivity index (χ1v) is 9.96. The van der Waals surface area contributed by atoms with Crippen LogP contribution in [0.25, 0.3) is 5.57 Å². The minimum absolute atomic E-state index is 0.0336. The first-order chi connectivity index (χ1) is 12.6. The minimum atomic E-state index is -0.883. The van der Waals surface area contributed by atoms with Crippen molar-refractivity contribution in [3.8, 4) is 5.75 Å². The third-order valence-corrected chi connectivity index (χ3v) is 6.40. The van der Waals surface area contributed by atoms with E-state index in [1.165, 1.54) is 45.3 Å². The van der Waals surface area contributed by atoms with Crippen molar-refractivity contribution in [1.29, 1.82) is 0 Å². The van der Waals surface area contributed by atoms with E-state index >= 15 is 0 Å². The molecule has 0 aliphatic heterocycles. The van der Waals surface area contributed by atoms with E-state index in [1.807, 2.05) is 6.08 Å². The fraction of sp³-hybridized carbons (Fsp3) is 0.565. The van der Waals surface area contributed by atoms with E-state index < -0.39 is 11.6 Å². The third kappa shape index (κ3) is 4.19. The number of methoxy groups -OCH3 is 1. The summed E-state index contributed by atoms with van der Waals surface area (Å²) < 4.78 is 33.2. The Hall–Kier alpha value is -1.64. The molecule has 0 bridgehead atoms.